The summed E-state index contributed by atoms with van der Waals surface area (Å²) in [4.78, 5) is 27.2. The van der Waals surface area contributed by atoms with Gasteiger partial charge in [-0.15, -0.1) is 0 Å². The Labute approximate surface area is 160 Å². The minimum Gasteiger partial charge on any atom is -0.342 e. The number of fused-ring (bicyclic) bond motifs is 1. The number of carbonyl (C=O) groups is 1. The number of likely N-dealkylation sites (tertiary alicyclic amines) is 2. The Bertz CT molecular complexity index is 769. The second-order valence-electron chi connectivity index (χ2n) is 8.32. The van der Waals surface area contributed by atoms with E-state index in [1.807, 2.05) is 29.2 Å². The third-order valence-electron chi connectivity index (χ3n) is 6.40. The molecule has 3 heterocycles. The quantitative estimate of drug-likeness (QED) is 0.860. The maximum atomic E-state index is 12.6. The van der Waals surface area contributed by atoms with Crippen LogP contribution >= 0.6 is 0 Å². The molecule has 1 aromatic heterocycles. The van der Waals surface area contributed by atoms with Gasteiger partial charge in [-0.3, -0.25) is 0 Å². The zero-order chi connectivity index (χ0) is 19.0. The summed E-state index contributed by atoms with van der Waals surface area (Å²) in [7, 11) is 6.41. The number of amides is 2. The number of carbonyl (C=O) groups excluding carboxylic acids is 1. The molecule has 2 amide bonds. The molecule has 0 atom stereocenters. The number of nitrogens with one attached hydrogen (secondary N) is 2. The molecule has 2 N–H and O–H groups in total. The zero-order valence-corrected chi connectivity index (χ0v) is 16.5. The monoisotopic (exact) mass is 370 g/mol. The van der Waals surface area contributed by atoms with Gasteiger partial charge in [0.1, 0.15) is 5.82 Å². The van der Waals surface area contributed by atoms with E-state index in [4.69, 9.17) is 0 Å². The Morgan fingerprint density at radius 2 is 2.00 bits per heavy atom. The van der Waals surface area contributed by atoms with Gasteiger partial charge in [0.15, 0.2) is 0 Å². The van der Waals surface area contributed by atoms with Crippen LogP contribution in [0, 0.1) is 0 Å². The van der Waals surface area contributed by atoms with Crippen molar-refractivity contribution in [2.24, 2.45) is 0 Å². The van der Waals surface area contributed by atoms with Gasteiger partial charge in [0.25, 0.3) is 0 Å². The minimum atomic E-state index is 0.0440. The number of likely N-dealkylation sites (N-methyl/N-ethyl adjacent to an activating group) is 1. The van der Waals surface area contributed by atoms with E-state index in [0.717, 1.165) is 55.9 Å². The lowest BCUT2D eigenvalue weighted by atomic mass is 9.86. The maximum Gasteiger partial charge on any atom is 0.317 e. The molecule has 0 bridgehead atoms. The second-order valence-corrected chi connectivity index (χ2v) is 8.32. The predicted octanol–water partition coefficient (Wildman–Crippen LogP) is 1.70. The van der Waals surface area contributed by atoms with Crippen LogP contribution in [-0.2, 0) is 0 Å². The number of para-hydroxylation sites is 2. The van der Waals surface area contributed by atoms with Crippen LogP contribution in [0.3, 0.4) is 0 Å². The van der Waals surface area contributed by atoms with Crippen LogP contribution in [0.25, 0.3) is 11.0 Å². The predicted molar refractivity (Wildman–Crippen MR) is 107 cm³/mol. The van der Waals surface area contributed by atoms with Crippen LogP contribution in [0.15, 0.2) is 24.3 Å². The number of aromatic amines is 1. The molecule has 0 aliphatic carbocycles. The number of H-pyrrole nitrogens is 1. The average Bonchev–Trinajstić information content (AvgIpc) is 3.03. The molecule has 2 saturated heterocycles. The topological polar surface area (TPSA) is 67.5 Å². The molecule has 0 saturated carbocycles. The van der Waals surface area contributed by atoms with Crippen molar-refractivity contribution >= 4 is 17.1 Å². The summed E-state index contributed by atoms with van der Waals surface area (Å²) >= 11 is 0. The molecule has 146 valence electrons. The number of nitrogens with zero attached hydrogens (tertiary/aromatic N) is 4. The highest BCUT2D eigenvalue weighted by Crippen LogP contribution is 2.28. The Morgan fingerprint density at radius 3 is 2.67 bits per heavy atom. The summed E-state index contributed by atoms with van der Waals surface area (Å²) in [5, 5.41) is 3.19. The molecular formula is C20H30N6O. The molecule has 2 aromatic rings. The molecule has 0 spiro atoms. The lowest BCUT2D eigenvalue weighted by Gasteiger charge is -2.46. The van der Waals surface area contributed by atoms with Crippen LogP contribution in [-0.4, -0.2) is 90.1 Å². The molecule has 27 heavy (non-hydrogen) atoms. The van der Waals surface area contributed by atoms with Gasteiger partial charge in [0.2, 0.25) is 0 Å². The Balaban J connectivity index is 1.31. The van der Waals surface area contributed by atoms with Crippen molar-refractivity contribution in [1.82, 2.24) is 30.0 Å². The number of imidazole rings is 1. The minimum absolute atomic E-state index is 0.0440. The Hall–Kier alpha value is -2.12. The number of piperidine rings is 1. The molecule has 2 fully saturated rings. The number of aromatic nitrogens is 2. The summed E-state index contributed by atoms with van der Waals surface area (Å²) in [6.07, 6.45) is 2.16. The molecule has 2 aliphatic rings. The summed E-state index contributed by atoms with van der Waals surface area (Å²) in [5.74, 6) is 1.29. The van der Waals surface area contributed by atoms with E-state index in [9.17, 15) is 4.79 Å². The first-order chi connectivity index (χ1) is 13.0. The maximum absolute atomic E-state index is 12.6. The van der Waals surface area contributed by atoms with Crippen LogP contribution < -0.4 is 5.32 Å². The van der Waals surface area contributed by atoms with Crippen molar-refractivity contribution in [1.29, 1.82) is 0 Å². The van der Waals surface area contributed by atoms with Gasteiger partial charge in [-0.05, 0) is 59.2 Å². The molecule has 0 unspecified atom stereocenters. The van der Waals surface area contributed by atoms with Crippen LogP contribution in [0.1, 0.15) is 24.6 Å². The molecule has 7 heteroatoms. The fourth-order valence-corrected chi connectivity index (χ4v) is 4.15. The molecule has 1 aromatic carbocycles. The molecule has 2 aliphatic heterocycles. The van der Waals surface area contributed by atoms with Crippen molar-refractivity contribution in [2.75, 3.05) is 53.9 Å². The first-order valence-corrected chi connectivity index (χ1v) is 9.80. The van der Waals surface area contributed by atoms with Gasteiger partial charge in [-0.2, -0.15) is 0 Å². The SMILES string of the molecule is CN1CCC(CNC(=O)N2CC(c3nc4ccccc4[nH]3)C2)(N(C)C)CC1. The van der Waals surface area contributed by atoms with E-state index in [1.54, 1.807) is 0 Å². The van der Waals surface area contributed by atoms with E-state index in [0.29, 0.717) is 12.5 Å². The average molecular weight is 371 g/mol. The second kappa shape index (κ2) is 7.13. The van der Waals surface area contributed by atoms with Gasteiger partial charge in [0, 0.05) is 25.2 Å². The van der Waals surface area contributed by atoms with Gasteiger partial charge < -0.3 is 25.0 Å². The zero-order valence-electron chi connectivity index (χ0n) is 16.5. The fraction of sp³-hybridized carbons (Fsp3) is 0.600. The lowest BCUT2D eigenvalue weighted by Crippen LogP contribution is -2.60. The molecule has 4 rings (SSSR count). The number of benzene rings is 1. The first kappa shape index (κ1) is 18.3. The van der Waals surface area contributed by atoms with Crippen molar-refractivity contribution in [2.45, 2.75) is 24.3 Å². The van der Waals surface area contributed by atoms with E-state index in [1.165, 1.54) is 0 Å². The van der Waals surface area contributed by atoms with E-state index in [-0.39, 0.29) is 11.6 Å². The Morgan fingerprint density at radius 1 is 1.30 bits per heavy atom. The molecule has 7 nitrogen and oxygen atoms in total. The largest absolute Gasteiger partial charge is 0.342 e. The standard InChI is InChI=1S/C20H30N6O/c1-24(2)20(8-10-25(3)11-9-20)14-21-19(27)26-12-15(13-26)18-22-16-6-4-5-7-17(16)23-18/h4-7,15H,8-14H2,1-3H3,(H,21,27)(H,22,23). The third-order valence-corrected chi connectivity index (χ3v) is 6.40. The number of rotatable bonds is 4. The highest BCUT2D eigenvalue weighted by atomic mass is 16.2. The van der Waals surface area contributed by atoms with Gasteiger partial charge in [0.05, 0.1) is 17.0 Å². The van der Waals surface area contributed by atoms with Crippen LogP contribution in [0.2, 0.25) is 0 Å². The Kier molecular flexibility index (Phi) is 4.82. The van der Waals surface area contributed by atoms with Gasteiger partial charge in [-0.1, -0.05) is 12.1 Å². The van der Waals surface area contributed by atoms with Crippen molar-refractivity contribution in [3.8, 4) is 0 Å². The van der Waals surface area contributed by atoms with Crippen molar-refractivity contribution < 1.29 is 4.79 Å². The van der Waals surface area contributed by atoms with Gasteiger partial charge in [-0.25, -0.2) is 9.78 Å². The summed E-state index contributed by atoms with van der Waals surface area (Å²) in [5.41, 5.74) is 2.11. The smallest absolute Gasteiger partial charge is 0.317 e. The molecule has 0 radical (unpaired) electrons. The van der Waals surface area contributed by atoms with Gasteiger partial charge >= 0.3 is 6.03 Å². The lowest BCUT2D eigenvalue weighted by molar-refractivity contribution is 0.0644. The number of hydrogen-bond acceptors (Lipinski definition) is 4. The van der Waals surface area contributed by atoms with E-state index >= 15 is 0 Å². The normalized spacial score (nSPS) is 20.8. The highest BCUT2D eigenvalue weighted by Gasteiger charge is 2.38. The first-order valence-electron chi connectivity index (χ1n) is 9.80. The molecular weight excluding hydrogens is 340 g/mol. The van der Waals surface area contributed by atoms with Crippen LogP contribution in [0.4, 0.5) is 4.79 Å². The van der Waals surface area contributed by atoms with Crippen molar-refractivity contribution in [3.63, 3.8) is 0 Å². The summed E-state index contributed by atoms with van der Waals surface area (Å²) in [6.45, 7) is 4.31. The van der Waals surface area contributed by atoms with Crippen LogP contribution in [0.5, 0.6) is 0 Å². The fourth-order valence-electron chi connectivity index (χ4n) is 4.15. The van der Waals surface area contributed by atoms with Crippen molar-refractivity contribution in [3.05, 3.63) is 30.1 Å². The van der Waals surface area contributed by atoms with E-state index < -0.39 is 0 Å². The summed E-state index contributed by atoms with van der Waals surface area (Å²) in [6, 6.07) is 8.10. The number of urea groups is 1. The number of hydrogen-bond donors (Lipinski definition) is 2. The highest BCUT2D eigenvalue weighted by molar-refractivity contribution is 5.76. The van der Waals surface area contributed by atoms with E-state index in [2.05, 4.69) is 46.2 Å². The summed E-state index contributed by atoms with van der Waals surface area (Å²) < 4.78 is 0. The third kappa shape index (κ3) is 3.53.